The molecule has 5 heteroatoms. The first-order valence-electron chi connectivity index (χ1n) is 9.47. The highest BCUT2D eigenvalue weighted by Crippen LogP contribution is 2.28. The average Bonchev–Trinajstić information content (AvgIpc) is 3.34. The SMILES string of the molecule is O=C(C1Cc2ccccc2C1)N(CCN1CCOCC1)Cc1ccco1. The van der Waals surface area contributed by atoms with E-state index < -0.39 is 0 Å². The van der Waals surface area contributed by atoms with Crippen molar-refractivity contribution in [1.82, 2.24) is 9.80 Å². The van der Waals surface area contributed by atoms with Gasteiger partial charge in [-0.25, -0.2) is 0 Å². The molecule has 1 amide bonds. The molecule has 1 aromatic heterocycles. The summed E-state index contributed by atoms with van der Waals surface area (Å²) >= 11 is 0. The molecule has 26 heavy (non-hydrogen) atoms. The van der Waals surface area contributed by atoms with Crippen molar-refractivity contribution in [2.45, 2.75) is 19.4 Å². The first kappa shape index (κ1) is 17.3. The number of hydrogen-bond donors (Lipinski definition) is 0. The summed E-state index contributed by atoms with van der Waals surface area (Å²) in [6.45, 7) is 5.61. The summed E-state index contributed by atoms with van der Waals surface area (Å²) in [4.78, 5) is 17.6. The van der Waals surface area contributed by atoms with Crippen LogP contribution in [0.5, 0.6) is 0 Å². The number of rotatable bonds is 6. The molecule has 1 aliphatic carbocycles. The van der Waals surface area contributed by atoms with E-state index in [1.807, 2.05) is 17.0 Å². The Balaban J connectivity index is 1.42. The molecule has 0 N–H and O–H groups in total. The Hall–Kier alpha value is -2.11. The van der Waals surface area contributed by atoms with E-state index in [0.717, 1.165) is 58.0 Å². The molecule has 0 spiro atoms. The van der Waals surface area contributed by atoms with Crippen LogP contribution in [0.1, 0.15) is 16.9 Å². The van der Waals surface area contributed by atoms with Crippen molar-refractivity contribution in [3.8, 4) is 0 Å². The van der Waals surface area contributed by atoms with Gasteiger partial charge in [0.2, 0.25) is 5.91 Å². The summed E-state index contributed by atoms with van der Waals surface area (Å²) in [7, 11) is 0. The Bertz CT molecular complexity index is 698. The topological polar surface area (TPSA) is 45.9 Å². The average molecular weight is 354 g/mol. The van der Waals surface area contributed by atoms with Gasteiger partial charge in [-0.05, 0) is 36.1 Å². The van der Waals surface area contributed by atoms with Crippen molar-refractivity contribution in [3.63, 3.8) is 0 Å². The molecule has 1 saturated heterocycles. The lowest BCUT2D eigenvalue weighted by Gasteiger charge is -2.31. The minimum absolute atomic E-state index is 0.0482. The molecule has 1 fully saturated rings. The molecule has 1 aromatic carbocycles. The Kier molecular flexibility index (Phi) is 5.37. The van der Waals surface area contributed by atoms with E-state index in [2.05, 4.69) is 29.2 Å². The predicted molar refractivity (Wildman–Crippen MR) is 98.7 cm³/mol. The van der Waals surface area contributed by atoms with Crippen molar-refractivity contribution in [1.29, 1.82) is 0 Å². The van der Waals surface area contributed by atoms with Crippen LogP contribution in [-0.4, -0.2) is 55.1 Å². The van der Waals surface area contributed by atoms with Crippen molar-refractivity contribution >= 4 is 5.91 Å². The van der Waals surface area contributed by atoms with Crippen LogP contribution in [0.25, 0.3) is 0 Å². The highest BCUT2D eigenvalue weighted by Gasteiger charge is 2.31. The summed E-state index contributed by atoms with van der Waals surface area (Å²) < 4.78 is 10.9. The highest BCUT2D eigenvalue weighted by atomic mass is 16.5. The van der Waals surface area contributed by atoms with Gasteiger partial charge in [0.25, 0.3) is 0 Å². The lowest BCUT2D eigenvalue weighted by molar-refractivity contribution is -0.136. The van der Waals surface area contributed by atoms with Crippen LogP contribution in [0.2, 0.25) is 0 Å². The number of carbonyl (C=O) groups excluding carboxylic acids is 1. The molecule has 5 nitrogen and oxygen atoms in total. The predicted octanol–water partition coefficient (Wildman–Crippen LogP) is 2.36. The third kappa shape index (κ3) is 4.00. The minimum Gasteiger partial charge on any atom is -0.467 e. The molecule has 0 saturated carbocycles. The van der Waals surface area contributed by atoms with Crippen molar-refractivity contribution in [2.24, 2.45) is 5.92 Å². The number of nitrogens with zero attached hydrogens (tertiary/aromatic N) is 2. The number of fused-ring (bicyclic) bond motifs is 1. The third-order valence-electron chi connectivity index (χ3n) is 5.43. The normalized spacial score (nSPS) is 18.0. The Morgan fingerprint density at radius 2 is 1.81 bits per heavy atom. The van der Waals surface area contributed by atoms with E-state index in [1.54, 1.807) is 6.26 Å². The fourth-order valence-corrected chi connectivity index (χ4v) is 3.94. The van der Waals surface area contributed by atoms with Crippen LogP contribution in [0, 0.1) is 5.92 Å². The molecular formula is C21H26N2O3. The highest BCUT2D eigenvalue weighted by molar-refractivity contribution is 5.80. The number of carbonyl (C=O) groups is 1. The van der Waals surface area contributed by atoms with Gasteiger partial charge in [-0.2, -0.15) is 0 Å². The van der Waals surface area contributed by atoms with E-state index in [-0.39, 0.29) is 11.8 Å². The smallest absolute Gasteiger partial charge is 0.226 e. The van der Waals surface area contributed by atoms with Gasteiger partial charge in [0.15, 0.2) is 0 Å². The molecule has 0 unspecified atom stereocenters. The monoisotopic (exact) mass is 354 g/mol. The number of furan rings is 1. The molecular weight excluding hydrogens is 328 g/mol. The second-order valence-corrected chi connectivity index (χ2v) is 7.17. The zero-order valence-corrected chi connectivity index (χ0v) is 15.1. The largest absolute Gasteiger partial charge is 0.467 e. The van der Waals surface area contributed by atoms with E-state index in [9.17, 15) is 4.79 Å². The second-order valence-electron chi connectivity index (χ2n) is 7.17. The van der Waals surface area contributed by atoms with Gasteiger partial charge in [0.05, 0.1) is 26.0 Å². The van der Waals surface area contributed by atoms with Crippen LogP contribution in [0.15, 0.2) is 47.1 Å². The van der Waals surface area contributed by atoms with Crippen LogP contribution < -0.4 is 0 Å². The number of amides is 1. The van der Waals surface area contributed by atoms with E-state index >= 15 is 0 Å². The molecule has 0 atom stereocenters. The lowest BCUT2D eigenvalue weighted by atomic mass is 10.0. The number of benzene rings is 1. The van der Waals surface area contributed by atoms with Crippen LogP contribution >= 0.6 is 0 Å². The summed E-state index contributed by atoms with van der Waals surface area (Å²) in [5.74, 6) is 1.13. The van der Waals surface area contributed by atoms with Crippen molar-refractivity contribution in [2.75, 3.05) is 39.4 Å². The maximum absolute atomic E-state index is 13.3. The van der Waals surface area contributed by atoms with Crippen LogP contribution in [0.3, 0.4) is 0 Å². The number of hydrogen-bond acceptors (Lipinski definition) is 4. The molecule has 0 radical (unpaired) electrons. The molecule has 2 aliphatic rings. The zero-order chi connectivity index (χ0) is 17.8. The Morgan fingerprint density at radius 1 is 1.08 bits per heavy atom. The summed E-state index contributed by atoms with van der Waals surface area (Å²) in [5, 5.41) is 0. The molecule has 4 rings (SSSR count). The Morgan fingerprint density at radius 3 is 2.46 bits per heavy atom. The molecule has 2 aromatic rings. The summed E-state index contributed by atoms with van der Waals surface area (Å²) in [6.07, 6.45) is 3.37. The Labute approximate surface area is 154 Å². The lowest BCUT2D eigenvalue weighted by Crippen LogP contribution is -2.44. The number of ether oxygens (including phenoxy) is 1. The quantitative estimate of drug-likeness (QED) is 0.799. The van der Waals surface area contributed by atoms with E-state index in [1.165, 1.54) is 11.1 Å². The summed E-state index contributed by atoms with van der Waals surface area (Å²) in [6, 6.07) is 12.2. The zero-order valence-electron chi connectivity index (χ0n) is 15.1. The fraction of sp³-hybridized carbons (Fsp3) is 0.476. The van der Waals surface area contributed by atoms with Gasteiger partial charge >= 0.3 is 0 Å². The van der Waals surface area contributed by atoms with Crippen molar-refractivity contribution in [3.05, 3.63) is 59.5 Å². The molecule has 138 valence electrons. The van der Waals surface area contributed by atoms with Crippen LogP contribution in [-0.2, 0) is 28.9 Å². The van der Waals surface area contributed by atoms with Gasteiger partial charge in [-0.1, -0.05) is 24.3 Å². The standard InChI is InChI=1S/C21H26N2O3/c24-21(19-14-17-4-1-2-5-18(17)15-19)23(16-20-6-3-11-26-20)8-7-22-9-12-25-13-10-22/h1-6,11,19H,7-10,12-16H2. The van der Waals surface area contributed by atoms with E-state index in [4.69, 9.17) is 9.15 Å². The van der Waals surface area contributed by atoms with Gasteiger partial charge in [0, 0.05) is 32.1 Å². The minimum atomic E-state index is 0.0482. The third-order valence-corrected chi connectivity index (χ3v) is 5.43. The molecule has 1 aliphatic heterocycles. The van der Waals surface area contributed by atoms with Gasteiger partial charge in [0.1, 0.15) is 5.76 Å². The summed E-state index contributed by atoms with van der Waals surface area (Å²) in [5.41, 5.74) is 2.63. The molecule has 2 heterocycles. The van der Waals surface area contributed by atoms with Crippen molar-refractivity contribution < 1.29 is 13.9 Å². The number of morpholine rings is 1. The first-order chi connectivity index (χ1) is 12.8. The maximum Gasteiger partial charge on any atom is 0.226 e. The second kappa shape index (κ2) is 8.06. The van der Waals surface area contributed by atoms with Gasteiger partial charge < -0.3 is 14.1 Å². The fourth-order valence-electron chi connectivity index (χ4n) is 3.94. The van der Waals surface area contributed by atoms with Crippen LogP contribution in [0.4, 0.5) is 0 Å². The van der Waals surface area contributed by atoms with Gasteiger partial charge in [-0.15, -0.1) is 0 Å². The van der Waals surface area contributed by atoms with E-state index in [0.29, 0.717) is 6.54 Å². The van der Waals surface area contributed by atoms with Gasteiger partial charge in [-0.3, -0.25) is 9.69 Å². The molecule has 0 bridgehead atoms. The first-order valence-corrected chi connectivity index (χ1v) is 9.47. The maximum atomic E-state index is 13.3.